The molecule has 102 valence electrons. The highest BCUT2D eigenvalue weighted by atomic mass is 16.5. The van der Waals surface area contributed by atoms with Crippen molar-refractivity contribution >= 4 is 5.97 Å². The lowest BCUT2D eigenvalue weighted by Crippen LogP contribution is -2.31. The van der Waals surface area contributed by atoms with E-state index in [0.717, 1.165) is 25.7 Å². The van der Waals surface area contributed by atoms with E-state index in [1.54, 1.807) is 0 Å². The molecular weight excluding hydrogens is 212 g/mol. The Morgan fingerprint density at radius 1 is 0.941 bits per heavy atom. The van der Waals surface area contributed by atoms with E-state index < -0.39 is 0 Å². The summed E-state index contributed by atoms with van der Waals surface area (Å²) < 4.78 is 5.70. The third-order valence-corrected chi connectivity index (χ3v) is 3.17. The second kappa shape index (κ2) is 8.54. The first kappa shape index (κ1) is 16.5. The molecule has 0 saturated heterocycles. The maximum Gasteiger partial charge on any atom is 0.309 e. The van der Waals surface area contributed by atoms with Crippen LogP contribution in [0.5, 0.6) is 0 Å². The zero-order chi connectivity index (χ0) is 13.4. The van der Waals surface area contributed by atoms with Gasteiger partial charge >= 0.3 is 5.97 Å². The normalized spacial score (nSPS) is 11.9. The van der Waals surface area contributed by atoms with Crippen molar-refractivity contribution in [2.45, 2.75) is 73.3 Å². The van der Waals surface area contributed by atoms with Gasteiger partial charge in [-0.15, -0.1) is 0 Å². The first-order chi connectivity index (χ1) is 7.93. The van der Waals surface area contributed by atoms with Crippen LogP contribution in [0.1, 0.15) is 67.2 Å². The van der Waals surface area contributed by atoms with E-state index in [9.17, 15) is 4.79 Å². The Bertz CT molecular complexity index is 195. The Labute approximate surface area is 107 Å². The van der Waals surface area contributed by atoms with E-state index in [4.69, 9.17) is 4.74 Å². The van der Waals surface area contributed by atoms with Gasteiger partial charge in [0.05, 0.1) is 5.92 Å². The Morgan fingerprint density at radius 3 is 1.65 bits per heavy atom. The fraction of sp³-hybridized carbons (Fsp3) is 0.933. The molecule has 0 spiro atoms. The van der Waals surface area contributed by atoms with Gasteiger partial charge in [0.15, 0.2) is 0 Å². The average molecular weight is 242 g/mol. The summed E-state index contributed by atoms with van der Waals surface area (Å²) in [6.07, 6.45) is 4.06. The van der Waals surface area contributed by atoms with Gasteiger partial charge in [-0.05, 0) is 24.7 Å². The zero-order valence-corrected chi connectivity index (χ0v) is 12.5. The van der Waals surface area contributed by atoms with Crippen LogP contribution in [-0.2, 0) is 9.53 Å². The number of carbonyl (C=O) groups excluding carboxylic acids is 1. The topological polar surface area (TPSA) is 26.3 Å². The molecule has 0 aliphatic rings. The minimum Gasteiger partial charge on any atom is -0.462 e. The van der Waals surface area contributed by atoms with Gasteiger partial charge in [-0.3, -0.25) is 4.79 Å². The van der Waals surface area contributed by atoms with Crippen molar-refractivity contribution in [3.8, 4) is 0 Å². The minimum atomic E-state index is 0.0149. The van der Waals surface area contributed by atoms with E-state index in [0.29, 0.717) is 11.8 Å². The molecular formula is C15H30O2. The minimum absolute atomic E-state index is 0.0149. The maximum absolute atomic E-state index is 12.1. The Hall–Kier alpha value is -0.530. The molecule has 0 aliphatic carbocycles. The Balaban J connectivity index is 4.44. The first-order valence-corrected chi connectivity index (χ1v) is 7.14. The molecule has 0 saturated carbocycles. The number of hydrogen-bond acceptors (Lipinski definition) is 2. The summed E-state index contributed by atoms with van der Waals surface area (Å²) in [4.78, 5) is 12.1. The summed E-state index contributed by atoms with van der Waals surface area (Å²) in [7, 11) is 0. The fourth-order valence-corrected chi connectivity index (χ4v) is 2.35. The van der Waals surface area contributed by atoms with Gasteiger partial charge < -0.3 is 4.74 Å². The van der Waals surface area contributed by atoms with Gasteiger partial charge in [0.25, 0.3) is 0 Å². The summed E-state index contributed by atoms with van der Waals surface area (Å²) in [5.41, 5.74) is 0. The highest BCUT2D eigenvalue weighted by Crippen LogP contribution is 2.21. The predicted molar refractivity (Wildman–Crippen MR) is 72.9 cm³/mol. The lowest BCUT2D eigenvalue weighted by atomic mass is 9.95. The average Bonchev–Trinajstić information content (AvgIpc) is 2.24. The zero-order valence-electron chi connectivity index (χ0n) is 12.5. The fourth-order valence-electron chi connectivity index (χ4n) is 2.35. The molecule has 0 aliphatic heterocycles. The Kier molecular flexibility index (Phi) is 8.28. The van der Waals surface area contributed by atoms with Crippen molar-refractivity contribution < 1.29 is 9.53 Å². The van der Waals surface area contributed by atoms with Crippen molar-refractivity contribution in [1.82, 2.24) is 0 Å². The molecule has 0 fully saturated rings. The molecule has 2 nitrogen and oxygen atoms in total. The molecule has 17 heavy (non-hydrogen) atoms. The summed E-state index contributed by atoms with van der Waals surface area (Å²) >= 11 is 0. The monoisotopic (exact) mass is 242 g/mol. The lowest BCUT2D eigenvalue weighted by Gasteiger charge is -2.27. The van der Waals surface area contributed by atoms with E-state index in [1.165, 1.54) is 0 Å². The number of rotatable bonds is 8. The molecule has 0 radical (unpaired) electrons. The molecule has 0 unspecified atom stereocenters. The summed E-state index contributed by atoms with van der Waals surface area (Å²) in [6.45, 7) is 12.7. The van der Waals surface area contributed by atoms with Gasteiger partial charge in [0.2, 0.25) is 0 Å². The van der Waals surface area contributed by atoms with Crippen LogP contribution in [0.15, 0.2) is 0 Å². The SMILES string of the molecule is CCCC(CCC)C(=O)OC(C(C)C)C(C)C. The van der Waals surface area contributed by atoms with Crippen LogP contribution in [0.3, 0.4) is 0 Å². The molecule has 0 heterocycles. The predicted octanol–water partition coefficient (Wildman–Crippen LogP) is 4.43. The van der Waals surface area contributed by atoms with Crippen LogP contribution in [0.4, 0.5) is 0 Å². The highest BCUT2D eigenvalue weighted by molar-refractivity contribution is 5.72. The van der Waals surface area contributed by atoms with Gasteiger partial charge in [0, 0.05) is 0 Å². The van der Waals surface area contributed by atoms with E-state index >= 15 is 0 Å². The third kappa shape index (κ3) is 6.09. The van der Waals surface area contributed by atoms with E-state index in [2.05, 4.69) is 41.5 Å². The second-order valence-electron chi connectivity index (χ2n) is 5.66. The molecule has 0 amide bonds. The number of carbonyl (C=O) groups is 1. The van der Waals surface area contributed by atoms with Crippen molar-refractivity contribution in [3.05, 3.63) is 0 Å². The van der Waals surface area contributed by atoms with Gasteiger partial charge in [-0.1, -0.05) is 54.4 Å². The number of esters is 1. The maximum atomic E-state index is 12.1. The summed E-state index contributed by atoms with van der Waals surface area (Å²) in [6, 6.07) is 0. The molecule has 0 bridgehead atoms. The van der Waals surface area contributed by atoms with Gasteiger partial charge in [-0.25, -0.2) is 0 Å². The van der Waals surface area contributed by atoms with Crippen LogP contribution >= 0.6 is 0 Å². The highest BCUT2D eigenvalue weighted by Gasteiger charge is 2.26. The van der Waals surface area contributed by atoms with Crippen molar-refractivity contribution in [3.63, 3.8) is 0 Å². The molecule has 0 aromatic carbocycles. The van der Waals surface area contributed by atoms with Crippen molar-refractivity contribution in [2.24, 2.45) is 17.8 Å². The molecule has 0 aromatic heterocycles. The van der Waals surface area contributed by atoms with Gasteiger partial charge in [-0.2, -0.15) is 0 Å². The van der Waals surface area contributed by atoms with Crippen LogP contribution in [0.25, 0.3) is 0 Å². The summed E-state index contributed by atoms with van der Waals surface area (Å²) in [5.74, 6) is 0.900. The van der Waals surface area contributed by atoms with Crippen LogP contribution < -0.4 is 0 Å². The summed E-state index contributed by atoms with van der Waals surface area (Å²) in [5, 5.41) is 0. The third-order valence-electron chi connectivity index (χ3n) is 3.17. The molecule has 2 heteroatoms. The van der Waals surface area contributed by atoms with Crippen LogP contribution in [0.2, 0.25) is 0 Å². The molecule has 0 N–H and O–H groups in total. The first-order valence-electron chi connectivity index (χ1n) is 7.14. The van der Waals surface area contributed by atoms with Crippen molar-refractivity contribution in [2.75, 3.05) is 0 Å². The molecule has 0 aromatic rings. The number of hydrogen-bond donors (Lipinski definition) is 0. The van der Waals surface area contributed by atoms with Crippen LogP contribution in [-0.4, -0.2) is 12.1 Å². The smallest absolute Gasteiger partial charge is 0.309 e. The molecule has 0 atom stereocenters. The molecule has 0 rings (SSSR count). The van der Waals surface area contributed by atoms with Gasteiger partial charge in [0.1, 0.15) is 6.10 Å². The number of ether oxygens (including phenoxy) is 1. The van der Waals surface area contributed by atoms with E-state index in [-0.39, 0.29) is 18.0 Å². The largest absolute Gasteiger partial charge is 0.462 e. The lowest BCUT2D eigenvalue weighted by molar-refractivity contribution is -0.159. The van der Waals surface area contributed by atoms with E-state index in [1.807, 2.05) is 0 Å². The second-order valence-corrected chi connectivity index (χ2v) is 5.66. The quantitative estimate of drug-likeness (QED) is 0.589. The Morgan fingerprint density at radius 2 is 1.35 bits per heavy atom. The van der Waals surface area contributed by atoms with Crippen LogP contribution in [0, 0.1) is 17.8 Å². The van der Waals surface area contributed by atoms with Crippen molar-refractivity contribution in [1.29, 1.82) is 0 Å². The standard InChI is InChI=1S/C15H30O2/c1-7-9-13(10-8-2)15(16)17-14(11(3)4)12(5)6/h11-14H,7-10H2,1-6H3.